The van der Waals surface area contributed by atoms with Gasteiger partial charge in [0.25, 0.3) is 5.91 Å². The highest BCUT2D eigenvalue weighted by atomic mass is 16.5. The second-order valence-electron chi connectivity index (χ2n) is 5.22. The lowest BCUT2D eigenvalue weighted by Crippen LogP contribution is -2.30. The van der Waals surface area contributed by atoms with Crippen molar-refractivity contribution < 1.29 is 14.6 Å². The molecule has 3 rings (SSSR count). The van der Waals surface area contributed by atoms with Crippen molar-refractivity contribution in [2.24, 2.45) is 0 Å². The van der Waals surface area contributed by atoms with E-state index in [0.29, 0.717) is 12.3 Å². The number of aromatic nitrogens is 1. The number of ether oxygens (including phenoxy) is 1. The molecule has 2 aromatic carbocycles. The summed E-state index contributed by atoms with van der Waals surface area (Å²) >= 11 is 0. The number of phenolic OH excluding ortho intramolecular Hbond substituents is 1. The van der Waals surface area contributed by atoms with Gasteiger partial charge in [-0.15, -0.1) is 0 Å². The number of aromatic amines is 1. The Morgan fingerprint density at radius 3 is 2.78 bits per heavy atom. The molecule has 5 heteroatoms. The van der Waals surface area contributed by atoms with Crippen LogP contribution in [0, 0.1) is 0 Å². The van der Waals surface area contributed by atoms with Gasteiger partial charge in [0.15, 0.2) is 18.1 Å². The van der Waals surface area contributed by atoms with Crippen LogP contribution in [-0.2, 0) is 11.2 Å². The Labute approximate surface area is 133 Å². The van der Waals surface area contributed by atoms with Gasteiger partial charge in [-0.25, -0.2) is 0 Å². The summed E-state index contributed by atoms with van der Waals surface area (Å²) < 4.78 is 5.29. The molecule has 3 N–H and O–H groups in total. The van der Waals surface area contributed by atoms with E-state index >= 15 is 0 Å². The van der Waals surface area contributed by atoms with Crippen molar-refractivity contribution in [3.8, 4) is 11.5 Å². The summed E-state index contributed by atoms with van der Waals surface area (Å²) in [4.78, 5) is 15.0. The first-order chi connectivity index (χ1) is 11.2. The average molecular weight is 310 g/mol. The van der Waals surface area contributed by atoms with E-state index < -0.39 is 0 Å². The lowest BCUT2D eigenvalue weighted by atomic mass is 10.1. The van der Waals surface area contributed by atoms with Gasteiger partial charge in [-0.3, -0.25) is 4.79 Å². The van der Waals surface area contributed by atoms with Gasteiger partial charge in [-0.2, -0.15) is 0 Å². The molecule has 1 aromatic heterocycles. The van der Waals surface area contributed by atoms with Gasteiger partial charge in [0.2, 0.25) is 0 Å². The zero-order valence-electron chi connectivity index (χ0n) is 12.6. The number of aromatic hydroxyl groups is 1. The van der Waals surface area contributed by atoms with Crippen molar-refractivity contribution in [3.05, 3.63) is 60.3 Å². The lowest BCUT2D eigenvalue weighted by Gasteiger charge is -2.08. The smallest absolute Gasteiger partial charge is 0.257 e. The quantitative estimate of drug-likeness (QED) is 0.655. The fourth-order valence-corrected chi connectivity index (χ4v) is 2.45. The number of carbonyl (C=O) groups excluding carboxylic acids is 1. The maximum Gasteiger partial charge on any atom is 0.257 e. The zero-order valence-corrected chi connectivity index (χ0v) is 12.6. The standard InChI is InChI=1S/C18H18N2O3/c21-16-7-3-4-8-17(16)23-12-18(22)19-10-9-13-11-20-15-6-2-1-5-14(13)15/h1-8,11,20-21H,9-10,12H2,(H,19,22). The number of benzene rings is 2. The molecule has 0 saturated carbocycles. The van der Waals surface area contributed by atoms with Gasteiger partial charge < -0.3 is 20.1 Å². The summed E-state index contributed by atoms with van der Waals surface area (Å²) in [6.07, 6.45) is 2.71. The Hall–Kier alpha value is -2.95. The number of hydrogen-bond acceptors (Lipinski definition) is 3. The van der Waals surface area contributed by atoms with Crippen LogP contribution in [-0.4, -0.2) is 29.1 Å². The third-order valence-electron chi connectivity index (χ3n) is 3.62. The monoisotopic (exact) mass is 310 g/mol. The van der Waals surface area contributed by atoms with Crippen LogP contribution in [0.4, 0.5) is 0 Å². The molecule has 0 unspecified atom stereocenters. The molecular formula is C18H18N2O3. The molecule has 0 fully saturated rings. The van der Waals surface area contributed by atoms with E-state index in [2.05, 4.69) is 16.4 Å². The van der Waals surface area contributed by atoms with Crippen LogP contribution in [0.25, 0.3) is 10.9 Å². The molecule has 23 heavy (non-hydrogen) atoms. The van der Waals surface area contributed by atoms with Crippen LogP contribution < -0.4 is 10.1 Å². The Balaban J connectivity index is 1.47. The van der Waals surface area contributed by atoms with E-state index in [0.717, 1.165) is 11.9 Å². The first kappa shape index (κ1) is 15.0. The molecule has 0 saturated heterocycles. The molecule has 0 spiro atoms. The highest BCUT2D eigenvalue weighted by Crippen LogP contribution is 2.24. The molecule has 1 heterocycles. The lowest BCUT2D eigenvalue weighted by molar-refractivity contribution is -0.123. The van der Waals surface area contributed by atoms with E-state index in [4.69, 9.17) is 4.74 Å². The summed E-state index contributed by atoms with van der Waals surface area (Å²) in [5.41, 5.74) is 2.26. The summed E-state index contributed by atoms with van der Waals surface area (Å²) in [7, 11) is 0. The molecule has 0 bridgehead atoms. The SMILES string of the molecule is O=C(COc1ccccc1O)NCCc1c[nH]c2ccccc12. The number of carbonyl (C=O) groups is 1. The number of H-pyrrole nitrogens is 1. The number of fused-ring (bicyclic) bond motifs is 1. The Bertz CT molecular complexity index is 811. The molecule has 0 atom stereocenters. The van der Waals surface area contributed by atoms with Crippen molar-refractivity contribution in [2.45, 2.75) is 6.42 Å². The predicted molar refractivity (Wildman–Crippen MR) is 88.6 cm³/mol. The highest BCUT2D eigenvalue weighted by molar-refractivity contribution is 5.83. The third-order valence-corrected chi connectivity index (χ3v) is 3.62. The van der Waals surface area contributed by atoms with Gasteiger partial charge in [-0.1, -0.05) is 30.3 Å². The number of nitrogens with one attached hydrogen (secondary N) is 2. The molecule has 5 nitrogen and oxygen atoms in total. The molecule has 0 aliphatic heterocycles. The van der Waals surface area contributed by atoms with Crippen molar-refractivity contribution in [1.29, 1.82) is 0 Å². The Morgan fingerprint density at radius 1 is 1.13 bits per heavy atom. The molecule has 0 aliphatic carbocycles. The summed E-state index contributed by atoms with van der Waals surface area (Å²) in [6, 6.07) is 14.6. The fourth-order valence-electron chi connectivity index (χ4n) is 2.45. The van der Waals surface area contributed by atoms with E-state index in [9.17, 15) is 9.90 Å². The number of amides is 1. The van der Waals surface area contributed by atoms with Crippen LogP contribution in [0.2, 0.25) is 0 Å². The van der Waals surface area contributed by atoms with Crippen LogP contribution in [0.1, 0.15) is 5.56 Å². The topological polar surface area (TPSA) is 74.3 Å². The number of para-hydroxylation sites is 3. The minimum absolute atomic E-state index is 0.0269. The van der Waals surface area contributed by atoms with Gasteiger partial charge in [0, 0.05) is 23.6 Å². The largest absolute Gasteiger partial charge is 0.504 e. The van der Waals surface area contributed by atoms with Gasteiger partial charge >= 0.3 is 0 Å². The number of phenols is 1. The average Bonchev–Trinajstić information content (AvgIpc) is 2.98. The predicted octanol–water partition coefficient (Wildman–Crippen LogP) is 2.61. The van der Waals surface area contributed by atoms with Crippen LogP contribution in [0.15, 0.2) is 54.7 Å². The minimum atomic E-state index is -0.215. The summed E-state index contributed by atoms with van der Waals surface area (Å²) in [5, 5.41) is 13.6. The van der Waals surface area contributed by atoms with Crippen molar-refractivity contribution >= 4 is 16.8 Å². The van der Waals surface area contributed by atoms with Crippen molar-refractivity contribution in [3.63, 3.8) is 0 Å². The molecular weight excluding hydrogens is 292 g/mol. The number of hydrogen-bond donors (Lipinski definition) is 3. The van der Waals surface area contributed by atoms with E-state index in [1.165, 1.54) is 17.0 Å². The van der Waals surface area contributed by atoms with Crippen LogP contribution in [0.5, 0.6) is 11.5 Å². The van der Waals surface area contributed by atoms with Gasteiger partial charge in [-0.05, 0) is 30.2 Å². The van der Waals surface area contributed by atoms with Gasteiger partial charge in [0.1, 0.15) is 0 Å². The Kier molecular flexibility index (Phi) is 4.47. The normalized spacial score (nSPS) is 10.6. The van der Waals surface area contributed by atoms with E-state index in [1.54, 1.807) is 18.2 Å². The molecule has 0 radical (unpaired) electrons. The molecule has 3 aromatic rings. The van der Waals surface area contributed by atoms with Gasteiger partial charge in [0.05, 0.1) is 0 Å². The maximum absolute atomic E-state index is 11.8. The van der Waals surface area contributed by atoms with E-state index in [1.807, 2.05) is 24.4 Å². The Morgan fingerprint density at radius 2 is 1.91 bits per heavy atom. The zero-order chi connectivity index (χ0) is 16.1. The summed E-state index contributed by atoms with van der Waals surface area (Å²) in [6.45, 7) is 0.413. The van der Waals surface area contributed by atoms with Crippen molar-refractivity contribution in [1.82, 2.24) is 10.3 Å². The minimum Gasteiger partial charge on any atom is -0.504 e. The maximum atomic E-state index is 11.8. The summed E-state index contributed by atoms with van der Waals surface area (Å²) in [5.74, 6) is 0.117. The molecule has 118 valence electrons. The first-order valence-corrected chi connectivity index (χ1v) is 7.46. The molecule has 0 aliphatic rings. The second-order valence-corrected chi connectivity index (χ2v) is 5.22. The first-order valence-electron chi connectivity index (χ1n) is 7.46. The van der Waals surface area contributed by atoms with Crippen LogP contribution >= 0.6 is 0 Å². The van der Waals surface area contributed by atoms with E-state index in [-0.39, 0.29) is 18.3 Å². The fraction of sp³-hybridized carbons (Fsp3) is 0.167. The van der Waals surface area contributed by atoms with Crippen LogP contribution in [0.3, 0.4) is 0 Å². The third kappa shape index (κ3) is 3.63. The second kappa shape index (κ2) is 6.87. The van der Waals surface area contributed by atoms with Crippen molar-refractivity contribution in [2.75, 3.05) is 13.2 Å². The highest BCUT2D eigenvalue weighted by Gasteiger charge is 2.07. The molecule has 1 amide bonds. The number of rotatable bonds is 6.